The molecule has 2 aromatic rings. The van der Waals surface area contributed by atoms with E-state index in [2.05, 4.69) is 15.3 Å². The molecule has 0 fully saturated rings. The Morgan fingerprint density at radius 3 is 3.00 bits per heavy atom. The van der Waals surface area contributed by atoms with Crippen LogP contribution < -0.4 is 11.1 Å². The Bertz CT molecular complexity index is 514. The van der Waals surface area contributed by atoms with Crippen molar-refractivity contribution in [3.05, 3.63) is 34.4 Å². The van der Waals surface area contributed by atoms with Crippen LogP contribution >= 0.6 is 22.9 Å². The summed E-state index contributed by atoms with van der Waals surface area (Å²) in [6.45, 7) is 0. The molecule has 0 aliphatic carbocycles. The fraction of sp³-hybridized carbons (Fsp3) is 0. The van der Waals surface area contributed by atoms with E-state index in [9.17, 15) is 4.79 Å². The van der Waals surface area contributed by atoms with Gasteiger partial charge in [0.2, 0.25) is 0 Å². The molecule has 0 aliphatic heterocycles. The highest BCUT2D eigenvalue weighted by molar-refractivity contribution is 7.13. The van der Waals surface area contributed by atoms with Crippen LogP contribution in [-0.4, -0.2) is 15.9 Å². The number of nitrogen functional groups attached to an aromatic ring is 1. The Balaban J connectivity index is 2.24. The molecule has 2 aromatic heterocycles. The number of amides is 1. The molecule has 0 aliphatic rings. The highest BCUT2D eigenvalue weighted by Gasteiger charge is 2.12. The molecule has 0 atom stereocenters. The fourth-order valence-electron chi connectivity index (χ4n) is 1.08. The van der Waals surface area contributed by atoms with Crippen molar-refractivity contribution in [3.63, 3.8) is 0 Å². The van der Waals surface area contributed by atoms with Crippen LogP contribution in [-0.2, 0) is 0 Å². The monoisotopic (exact) mass is 254 g/mol. The molecule has 3 N–H and O–H groups in total. The van der Waals surface area contributed by atoms with Crippen LogP contribution in [0, 0.1) is 0 Å². The SMILES string of the molecule is Nc1cc(C(=O)Nc2nccs2)c(Cl)cn1. The highest BCUT2D eigenvalue weighted by Crippen LogP contribution is 2.19. The third-order valence-electron chi connectivity index (χ3n) is 1.77. The number of hydrogen-bond donors (Lipinski definition) is 2. The fourth-order valence-corrected chi connectivity index (χ4v) is 1.79. The second kappa shape index (κ2) is 4.46. The van der Waals surface area contributed by atoms with Crippen LogP contribution in [0.25, 0.3) is 0 Å². The van der Waals surface area contributed by atoms with Crippen molar-refractivity contribution in [2.45, 2.75) is 0 Å². The summed E-state index contributed by atoms with van der Waals surface area (Å²) in [6.07, 6.45) is 2.94. The molecular formula is C9H7ClN4OS. The quantitative estimate of drug-likeness (QED) is 0.859. The van der Waals surface area contributed by atoms with Crippen molar-refractivity contribution in [2.75, 3.05) is 11.1 Å². The molecule has 0 aromatic carbocycles. The summed E-state index contributed by atoms with van der Waals surface area (Å²) in [6, 6.07) is 1.42. The number of aromatic nitrogens is 2. The standard InChI is InChI=1S/C9H7ClN4OS/c10-6-4-13-7(11)3-5(6)8(15)14-9-12-1-2-16-9/h1-4H,(H2,11,13)(H,12,14,15). The lowest BCUT2D eigenvalue weighted by atomic mass is 10.2. The van der Waals surface area contributed by atoms with Gasteiger partial charge < -0.3 is 5.73 Å². The maximum absolute atomic E-state index is 11.8. The van der Waals surface area contributed by atoms with E-state index in [1.54, 1.807) is 11.6 Å². The molecule has 0 unspecified atom stereocenters. The van der Waals surface area contributed by atoms with Gasteiger partial charge in [-0.15, -0.1) is 11.3 Å². The zero-order valence-electron chi connectivity index (χ0n) is 7.98. The maximum atomic E-state index is 11.8. The third-order valence-corrected chi connectivity index (χ3v) is 2.76. The number of thiazole rings is 1. The zero-order valence-corrected chi connectivity index (χ0v) is 9.55. The molecule has 2 heterocycles. The van der Waals surface area contributed by atoms with Crippen molar-refractivity contribution in [2.24, 2.45) is 0 Å². The lowest BCUT2D eigenvalue weighted by Gasteiger charge is -2.04. The molecule has 2 rings (SSSR count). The number of halogens is 1. The second-order valence-corrected chi connectivity index (χ2v) is 4.18. The van der Waals surface area contributed by atoms with E-state index in [0.29, 0.717) is 5.13 Å². The minimum atomic E-state index is -0.353. The number of pyridine rings is 1. The molecule has 82 valence electrons. The topological polar surface area (TPSA) is 80.9 Å². The van der Waals surface area contributed by atoms with Crippen LogP contribution in [0.2, 0.25) is 5.02 Å². The molecule has 0 saturated carbocycles. The maximum Gasteiger partial charge on any atom is 0.259 e. The van der Waals surface area contributed by atoms with Gasteiger partial charge in [-0.05, 0) is 6.07 Å². The van der Waals surface area contributed by atoms with E-state index in [1.165, 1.54) is 23.6 Å². The molecular weight excluding hydrogens is 248 g/mol. The summed E-state index contributed by atoms with van der Waals surface area (Å²) in [7, 11) is 0. The number of anilines is 2. The van der Waals surface area contributed by atoms with Crippen molar-refractivity contribution in [1.82, 2.24) is 9.97 Å². The first-order valence-electron chi connectivity index (χ1n) is 4.28. The Hall–Kier alpha value is -1.66. The largest absolute Gasteiger partial charge is 0.384 e. The molecule has 0 saturated heterocycles. The van der Waals surface area contributed by atoms with Crippen LogP contribution in [0.3, 0.4) is 0 Å². The molecule has 16 heavy (non-hydrogen) atoms. The number of hydrogen-bond acceptors (Lipinski definition) is 5. The van der Waals surface area contributed by atoms with Gasteiger partial charge in [0.05, 0.1) is 10.6 Å². The predicted molar refractivity (Wildman–Crippen MR) is 63.7 cm³/mol. The van der Waals surface area contributed by atoms with Gasteiger partial charge in [-0.3, -0.25) is 10.1 Å². The van der Waals surface area contributed by atoms with Crippen molar-refractivity contribution in [1.29, 1.82) is 0 Å². The number of nitrogens with one attached hydrogen (secondary N) is 1. The number of carbonyl (C=O) groups is 1. The van der Waals surface area contributed by atoms with Crippen LogP contribution in [0.15, 0.2) is 23.8 Å². The van der Waals surface area contributed by atoms with Gasteiger partial charge in [0, 0.05) is 17.8 Å². The van der Waals surface area contributed by atoms with Crippen LogP contribution in [0.1, 0.15) is 10.4 Å². The lowest BCUT2D eigenvalue weighted by Crippen LogP contribution is -2.13. The first kappa shape index (κ1) is 10.8. The van der Waals surface area contributed by atoms with Gasteiger partial charge in [-0.1, -0.05) is 11.6 Å². The van der Waals surface area contributed by atoms with Crippen molar-refractivity contribution >= 4 is 39.8 Å². The smallest absolute Gasteiger partial charge is 0.259 e. The van der Waals surface area contributed by atoms with E-state index in [4.69, 9.17) is 17.3 Å². The third kappa shape index (κ3) is 2.29. The number of nitrogens with zero attached hydrogens (tertiary/aromatic N) is 2. The van der Waals surface area contributed by atoms with E-state index in [0.717, 1.165) is 0 Å². The minimum Gasteiger partial charge on any atom is -0.384 e. The zero-order chi connectivity index (χ0) is 11.5. The van der Waals surface area contributed by atoms with Gasteiger partial charge in [-0.25, -0.2) is 9.97 Å². The van der Waals surface area contributed by atoms with Gasteiger partial charge in [-0.2, -0.15) is 0 Å². The number of nitrogens with two attached hydrogens (primary N) is 1. The Morgan fingerprint density at radius 2 is 2.31 bits per heavy atom. The van der Waals surface area contributed by atoms with Gasteiger partial charge in [0.15, 0.2) is 5.13 Å². The Kier molecular flexibility index (Phi) is 3.02. The van der Waals surface area contributed by atoms with E-state index >= 15 is 0 Å². The number of rotatable bonds is 2. The second-order valence-electron chi connectivity index (χ2n) is 2.88. The normalized spacial score (nSPS) is 10.1. The van der Waals surface area contributed by atoms with Crippen LogP contribution in [0.5, 0.6) is 0 Å². The van der Waals surface area contributed by atoms with E-state index in [-0.39, 0.29) is 22.3 Å². The summed E-state index contributed by atoms with van der Waals surface area (Å²) >= 11 is 7.16. The average Bonchev–Trinajstić information content (AvgIpc) is 2.74. The summed E-state index contributed by atoms with van der Waals surface area (Å²) in [5.74, 6) is -0.109. The van der Waals surface area contributed by atoms with E-state index in [1.807, 2.05) is 0 Å². The molecule has 5 nitrogen and oxygen atoms in total. The Morgan fingerprint density at radius 1 is 1.50 bits per heavy atom. The molecule has 0 radical (unpaired) electrons. The van der Waals surface area contributed by atoms with Gasteiger partial charge >= 0.3 is 0 Å². The summed E-state index contributed by atoms with van der Waals surface area (Å²) in [4.78, 5) is 19.5. The molecule has 1 amide bonds. The summed E-state index contributed by atoms with van der Waals surface area (Å²) in [5, 5.41) is 5.13. The van der Waals surface area contributed by atoms with E-state index < -0.39 is 0 Å². The van der Waals surface area contributed by atoms with Gasteiger partial charge in [0.25, 0.3) is 5.91 Å². The molecule has 0 spiro atoms. The average molecular weight is 255 g/mol. The lowest BCUT2D eigenvalue weighted by molar-refractivity contribution is 0.102. The first-order chi connectivity index (χ1) is 7.66. The van der Waals surface area contributed by atoms with Crippen molar-refractivity contribution < 1.29 is 4.79 Å². The number of carbonyl (C=O) groups excluding carboxylic acids is 1. The minimum absolute atomic E-state index is 0.244. The van der Waals surface area contributed by atoms with Crippen LogP contribution in [0.4, 0.5) is 10.9 Å². The summed E-state index contributed by atoms with van der Waals surface area (Å²) < 4.78 is 0. The first-order valence-corrected chi connectivity index (χ1v) is 5.54. The predicted octanol–water partition coefficient (Wildman–Crippen LogP) is 2.03. The molecule has 7 heteroatoms. The van der Waals surface area contributed by atoms with Crippen molar-refractivity contribution in [3.8, 4) is 0 Å². The van der Waals surface area contributed by atoms with Gasteiger partial charge in [0.1, 0.15) is 5.82 Å². The molecule has 0 bridgehead atoms. The highest BCUT2D eigenvalue weighted by atomic mass is 35.5. The Labute approximate surface area is 100 Å². The summed E-state index contributed by atoms with van der Waals surface area (Å²) in [5.41, 5.74) is 5.76.